The van der Waals surface area contributed by atoms with Gasteiger partial charge in [0.1, 0.15) is 0 Å². The molecule has 2 nitrogen and oxygen atoms in total. The van der Waals surface area contributed by atoms with Gasteiger partial charge in [-0.25, -0.2) is 0 Å². The topological polar surface area (TPSA) is 29.3 Å². The SMILES string of the molecule is CCCCN(CCCC)c1ccc(CN)cc1C. The number of aryl methyl sites for hydroxylation is 1. The summed E-state index contributed by atoms with van der Waals surface area (Å²) in [6, 6.07) is 6.62. The summed E-state index contributed by atoms with van der Waals surface area (Å²) in [5.41, 5.74) is 9.65. The first-order valence-electron chi connectivity index (χ1n) is 7.27. The predicted octanol–water partition coefficient (Wildman–Crippen LogP) is 3.86. The highest BCUT2D eigenvalue weighted by Crippen LogP contribution is 2.22. The number of hydrogen-bond donors (Lipinski definition) is 1. The van der Waals surface area contributed by atoms with Gasteiger partial charge in [-0.05, 0) is 37.0 Å². The molecule has 18 heavy (non-hydrogen) atoms. The third-order valence-corrected chi connectivity index (χ3v) is 3.40. The molecular weight excluding hydrogens is 220 g/mol. The van der Waals surface area contributed by atoms with Crippen LogP contribution in [-0.4, -0.2) is 13.1 Å². The Balaban J connectivity index is 2.82. The molecule has 0 saturated carbocycles. The summed E-state index contributed by atoms with van der Waals surface area (Å²) in [4.78, 5) is 2.53. The first-order chi connectivity index (χ1) is 8.72. The molecule has 0 fully saturated rings. The van der Waals surface area contributed by atoms with E-state index in [1.54, 1.807) is 0 Å². The van der Waals surface area contributed by atoms with E-state index in [0.717, 1.165) is 0 Å². The molecule has 1 aromatic rings. The Bertz CT molecular complexity index is 339. The number of rotatable bonds is 8. The maximum atomic E-state index is 5.69. The summed E-state index contributed by atoms with van der Waals surface area (Å²) in [6.07, 6.45) is 5.04. The number of nitrogens with zero attached hydrogens (tertiary/aromatic N) is 1. The van der Waals surface area contributed by atoms with E-state index in [-0.39, 0.29) is 0 Å². The van der Waals surface area contributed by atoms with Crippen molar-refractivity contribution in [2.24, 2.45) is 5.73 Å². The van der Waals surface area contributed by atoms with Crippen LogP contribution in [0, 0.1) is 6.92 Å². The third-order valence-electron chi connectivity index (χ3n) is 3.40. The zero-order valence-corrected chi connectivity index (χ0v) is 12.2. The van der Waals surface area contributed by atoms with Crippen molar-refractivity contribution in [1.29, 1.82) is 0 Å². The maximum absolute atomic E-state index is 5.69. The third kappa shape index (κ3) is 4.34. The standard InChI is InChI=1S/C16H28N2/c1-4-6-10-18(11-7-5-2)16-9-8-15(13-17)12-14(16)3/h8-9,12H,4-7,10-11,13,17H2,1-3H3. The molecule has 0 aromatic heterocycles. The van der Waals surface area contributed by atoms with Crippen molar-refractivity contribution in [1.82, 2.24) is 0 Å². The van der Waals surface area contributed by atoms with Crippen molar-refractivity contribution in [3.05, 3.63) is 29.3 Å². The van der Waals surface area contributed by atoms with Gasteiger partial charge in [0.15, 0.2) is 0 Å². The number of hydrogen-bond acceptors (Lipinski definition) is 2. The molecule has 0 saturated heterocycles. The summed E-state index contributed by atoms with van der Waals surface area (Å²) in [6.45, 7) is 9.66. The Hall–Kier alpha value is -1.02. The second-order valence-corrected chi connectivity index (χ2v) is 5.02. The minimum absolute atomic E-state index is 0.630. The normalized spacial score (nSPS) is 10.7. The van der Waals surface area contributed by atoms with Gasteiger partial charge >= 0.3 is 0 Å². The van der Waals surface area contributed by atoms with Crippen molar-refractivity contribution in [3.63, 3.8) is 0 Å². The van der Waals surface area contributed by atoms with Crippen molar-refractivity contribution in [2.75, 3.05) is 18.0 Å². The lowest BCUT2D eigenvalue weighted by atomic mass is 10.1. The smallest absolute Gasteiger partial charge is 0.0396 e. The lowest BCUT2D eigenvalue weighted by Crippen LogP contribution is -2.26. The van der Waals surface area contributed by atoms with E-state index in [1.165, 1.54) is 55.6 Å². The number of unbranched alkanes of at least 4 members (excludes halogenated alkanes) is 2. The highest BCUT2D eigenvalue weighted by molar-refractivity contribution is 5.54. The van der Waals surface area contributed by atoms with E-state index in [9.17, 15) is 0 Å². The highest BCUT2D eigenvalue weighted by Gasteiger charge is 2.08. The summed E-state index contributed by atoms with van der Waals surface area (Å²) in [7, 11) is 0. The van der Waals surface area contributed by atoms with Crippen molar-refractivity contribution in [3.8, 4) is 0 Å². The number of benzene rings is 1. The fraction of sp³-hybridized carbons (Fsp3) is 0.625. The quantitative estimate of drug-likeness (QED) is 0.757. The van der Waals surface area contributed by atoms with Gasteiger partial charge in [-0.1, -0.05) is 38.8 Å². The largest absolute Gasteiger partial charge is 0.371 e. The van der Waals surface area contributed by atoms with Crippen LogP contribution in [0.5, 0.6) is 0 Å². The summed E-state index contributed by atoms with van der Waals surface area (Å²) in [5.74, 6) is 0. The number of nitrogens with two attached hydrogens (primary N) is 1. The Labute approximate surface area is 112 Å². The molecule has 0 spiro atoms. The highest BCUT2D eigenvalue weighted by atomic mass is 15.1. The van der Waals surface area contributed by atoms with Gasteiger partial charge in [-0.2, -0.15) is 0 Å². The average Bonchev–Trinajstić information content (AvgIpc) is 2.39. The first kappa shape index (κ1) is 15.0. The second-order valence-electron chi connectivity index (χ2n) is 5.02. The van der Waals surface area contributed by atoms with Crippen LogP contribution in [-0.2, 0) is 6.54 Å². The van der Waals surface area contributed by atoms with Crippen LogP contribution in [0.3, 0.4) is 0 Å². The van der Waals surface area contributed by atoms with Gasteiger partial charge in [0.05, 0.1) is 0 Å². The molecular formula is C16H28N2. The minimum atomic E-state index is 0.630. The van der Waals surface area contributed by atoms with Crippen LogP contribution in [0.15, 0.2) is 18.2 Å². The summed E-state index contributed by atoms with van der Waals surface area (Å²) < 4.78 is 0. The molecule has 0 unspecified atom stereocenters. The second kappa shape index (κ2) is 8.15. The first-order valence-corrected chi connectivity index (χ1v) is 7.27. The molecule has 2 N–H and O–H groups in total. The molecule has 0 aliphatic heterocycles. The molecule has 0 atom stereocenters. The molecule has 102 valence electrons. The van der Waals surface area contributed by atoms with Crippen LogP contribution in [0.2, 0.25) is 0 Å². The van der Waals surface area contributed by atoms with Crippen molar-refractivity contribution < 1.29 is 0 Å². The van der Waals surface area contributed by atoms with Crippen LogP contribution >= 0.6 is 0 Å². The predicted molar refractivity (Wildman–Crippen MR) is 81.1 cm³/mol. The molecule has 1 rings (SSSR count). The van der Waals surface area contributed by atoms with E-state index >= 15 is 0 Å². The van der Waals surface area contributed by atoms with E-state index in [0.29, 0.717) is 6.54 Å². The minimum Gasteiger partial charge on any atom is -0.371 e. The zero-order chi connectivity index (χ0) is 13.4. The summed E-state index contributed by atoms with van der Waals surface area (Å²) in [5, 5.41) is 0. The average molecular weight is 248 g/mol. The molecule has 0 aliphatic carbocycles. The van der Waals surface area contributed by atoms with Crippen molar-refractivity contribution >= 4 is 5.69 Å². The van der Waals surface area contributed by atoms with Crippen LogP contribution in [0.25, 0.3) is 0 Å². The van der Waals surface area contributed by atoms with E-state index < -0.39 is 0 Å². The van der Waals surface area contributed by atoms with E-state index in [4.69, 9.17) is 5.73 Å². The lowest BCUT2D eigenvalue weighted by molar-refractivity contribution is 0.676. The van der Waals surface area contributed by atoms with Crippen molar-refractivity contribution in [2.45, 2.75) is 53.0 Å². The van der Waals surface area contributed by atoms with Gasteiger partial charge in [0, 0.05) is 25.3 Å². The molecule has 0 heterocycles. The Kier molecular flexibility index (Phi) is 6.81. The van der Waals surface area contributed by atoms with Crippen LogP contribution in [0.4, 0.5) is 5.69 Å². The van der Waals surface area contributed by atoms with Crippen LogP contribution < -0.4 is 10.6 Å². The van der Waals surface area contributed by atoms with Gasteiger partial charge in [0.2, 0.25) is 0 Å². The molecule has 0 amide bonds. The van der Waals surface area contributed by atoms with E-state index in [2.05, 4.69) is 43.9 Å². The molecule has 2 heteroatoms. The molecule has 0 aliphatic rings. The molecule has 0 radical (unpaired) electrons. The fourth-order valence-electron chi connectivity index (χ4n) is 2.25. The van der Waals surface area contributed by atoms with Gasteiger partial charge in [-0.15, -0.1) is 0 Å². The molecule has 0 bridgehead atoms. The fourth-order valence-corrected chi connectivity index (χ4v) is 2.25. The lowest BCUT2D eigenvalue weighted by Gasteiger charge is -2.26. The van der Waals surface area contributed by atoms with Crippen LogP contribution in [0.1, 0.15) is 50.7 Å². The Morgan fingerprint density at radius 1 is 1.06 bits per heavy atom. The van der Waals surface area contributed by atoms with Gasteiger partial charge < -0.3 is 10.6 Å². The van der Waals surface area contributed by atoms with E-state index in [1.807, 2.05) is 0 Å². The zero-order valence-electron chi connectivity index (χ0n) is 12.2. The maximum Gasteiger partial charge on any atom is 0.0396 e. The monoisotopic (exact) mass is 248 g/mol. The Morgan fingerprint density at radius 3 is 2.11 bits per heavy atom. The van der Waals surface area contributed by atoms with Gasteiger partial charge in [-0.3, -0.25) is 0 Å². The Morgan fingerprint density at radius 2 is 1.67 bits per heavy atom. The summed E-state index contributed by atoms with van der Waals surface area (Å²) >= 11 is 0. The number of anilines is 1. The van der Waals surface area contributed by atoms with Gasteiger partial charge in [0.25, 0.3) is 0 Å². The molecule has 1 aromatic carbocycles.